The molecule has 1 heterocycles. The monoisotopic (exact) mass is 290 g/mol. The maximum Gasteiger partial charge on any atom is 0.326 e. The first kappa shape index (κ1) is 14.1. The third kappa shape index (κ3) is 2.42. The van der Waals surface area contributed by atoms with Gasteiger partial charge >= 0.3 is 11.9 Å². The number of aliphatic hydroxyl groups is 1. The van der Waals surface area contributed by atoms with Crippen LogP contribution in [0.5, 0.6) is 5.75 Å². The number of hydrogen-bond donors (Lipinski definition) is 1. The summed E-state index contributed by atoms with van der Waals surface area (Å²) in [6.07, 6.45) is -0.690. The Morgan fingerprint density at radius 3 is 2.67 bits per heavy atom. The average molecular weight is 290 g/mol. The molecule has 1 aliphatic heterocycles. The smallest absolute Gasteiger partial charge is 0.326 e. The van der Waals surface area contributed by atoms with E-state index in [1.165, 1.54) is 0 Å². The molecule has 5 heteroatoms. The Morgan fingerprint density at radius 2 is 2.00 bits per heavy atom. The fraction of sp³-hybridized carbons (Fsp3) is 0.500. The highest BCUT2D eigenvalue weighted by Crippen LogP contribution is 2.43. The fourth-order valence-electron chi connectivity index (χ4n) is 3.24. The number of esters is 2. The van der Waals surface area contributed by atoms with Gasteiger partial charge in [0.25, 0.3) is 0 Å². The molecule has 1 saturated carbocycles. The molecule has 3 rings (SSSR count). The van der Waals surface area contributed by atoms with Crippen LogP contribution in [0.2, 0.25) is 0 Å². The summed E-state index contributed by atoms with van der Waals surface area (Å²) in [6, 6.07) is 7.00. The third-order valence-electron chi connectivity index (χ3n) is 4.41. The molecule has 2 aliphatic rings. The quantitative estimate of drug-likeness (QED) is 0.507. The summed E-state index contributed by atoms with van der Waals surface area (Å²) in [5.41, 5.74) is 1.05. The minimum absolute atomic E-state index is 0.0612. The predicted molar refractivity (Wildman–Crippen MR) is 73.5 cm³/mol. The van der Waals surface area contributed by atoms with E-state index in [2.05, 4.69) is 0 Å². The Kier molecular flexibility index (Phi) is 3.45. The van der Waals surface area contributed by atoms with Crippen LogP contribution in [0.1, 0.15) is 18.9 Å². The summed E-state index contributed by atoms with van der Waals surface area (Å²) < 4.78 is 10.5. The number of benzene rings is 1. The molecule has 112 valence electrons. The molecule has 0 spiro atoms. The van der Waals surface area contributed by atoms with Gasteiger partial charge in [-0.3, -0.25) is 9.59 Å². The van der Waals surface area contributed by atoms with Gasteiger partial charge in [0.2, 0.25) is 0 Å². The van der Waals surface area contributed by atoms with Crippen molar-refractivity contribution in [2.45, 2.75) is 32.5 Å². The number of rotatable bonds is 2. The second-order valence-corrected chi connectivity index (χ2v) is 5.98. The van der Waals surface area contributed by atoms with E-state index in [1.807, 2.05) is 26.0 Å². The first-order chi connectivity index (χ1) is 9.97. The van der Waals surface area contributed by atoms with Crippen molar-refractivity contribution >= 4 is 11.9 Å². The summed E-state index contributed by atoms with van der Waals surface area (Å²) in [5.74, 6) is -2.24. The van der Waals surface area contributed by atoms with Crippen LogP contribution >= 0.6 is 0 Å². The highest BCUT2D eigenvalue weighted by atomic mass is 16.6. The van der Waals surface area contributed by atoms with Crippen molar-refractivity contribution in [3.8, 4) is 5.75 Å². The van der Waals surface area contributed by atoms with E-state index < -0.39 is 36.0 Å². The summed E-state index contributed by atoms with van der Waals surface area (Å²) in [7, 11) is 0. The van der Waals surface area contributed by atoms with E-state index in [0.29, 0.717) is 12.2 Å². The maximum atomic E-state index is 12.3. The lowest BCUT2D eigenvalue weighted by Crippen LogP contribution is -2.48. The molecular formula is C16H18O5. The van der Waals surface area contributed by atoms with Crippen molar-refractivity contribution in [3.63, 3.8) is 0 Å². The molecule has 1 aliphatic carbocycles. The molecule has 1 N–H and O–H groups in total. The Bertz CT molecular complexity index is 565. The summed E-state index contributed by atoms with van der Waals surface area (Å²) in [4.78, 5) is 24.3. The number of aliphatic hydroxyl groups excluding tert-OH is 1. The van der Waals surface area contributed by atoms with Gasteiger partial charge in [0.05, 0.1) is 6.10 Å². The van der Waals surface area contributed by atoms with Crippen LogP contribution in [0, 0.1) is 24.7 Å². The number of carbonyl (C=O) groups is 2. The number of hydrogen-bond acceptors (Lipinski definition) is 5. The van der Waals surface area contributed by atoms with Gasteiger partial charge in [0.15, 0.2) is 5.92 Å². The molecule has 1 saturated heterocycles. The molecule has 21 heavy (non-hydrogen) atoms. The van der Waals surface area contributed by atoms with Crippen molar-refractivity contribution in [2.24, 2.45) is 17.8 Å². The van der Waals surface area contributed by atoms with Crippen molar-refractivity contribution in [1.29, 1.82) is 0 Å². The third-order valence-corrected chi connectivity index (χ3v) is 4.41. The predicted octanol–water partition coefficient (Wildman–Crippen LogP) is 1.46. The average Bonchev–Trinajstić information content (AvgIpc) is 2.62. The van der Waals surface area contributed by atoms with Gasteiger partial charge < -0.3 is 14.6 Å². The Balaban J connectivity index is 1.77. The molecular weight excluding hydrogens is 272 g/mol. The van der Waals surface area contributed by atoms with E-state index in [0.717, 1.165) is 5.56 Å². The SMILES string of the molecule is Cc1ccc(OC(=O)C2C(=O)OC3C(C)CC2C3O)cc1. The summed E-state index contributed by atoms with van der Waals surface area (Å²) >= 11 is 0. The molecule has 0 amide bonds. The highest BCUT2D eigenvalue weighted by Gasteiger charge is 2.56. The molecule has 5 nitrogen and oxygen atoms in total. The lowest BCUT2D eigenvalue weighted by atomic mass is 9.87. The summed E-state index contributed by atoms with van der Waals surface area (Å²) in [6.45, 7) is 3.84. The van der Waals surface area contributed by atoms with Crippen molar-refractivity contribution in [2.75, 3.05) is 0 Å². The minimum atomic E-state index is -1.04. The molecule has 5 unspecified atom stereocenters. The van der Waals surface area contributed by atoms with E-state index in [1.54, 1.807) is 12.1 Å². The Morgan fingerprint density at radius 1 is 1.33 bits per heavy atom. The molecule has 5 atom stereocenters. The second kappa shape index (κ2) is 5.15. The van der Waals surface area contributed by atoms with Gasteiger partial charge in [-0.15, -0.1) is 0 Å². The van der Waals surface area contributed by atoms with E-state index in [-0.39, 0.29) is 5.92 Å². The Labute approximate surface area is 122 Å². The summed E-state index contributed by atoms with van der Waals surface area (Å²) in [5, 5.41) is 10.1. The van der Waals surface area contributed by atoms with Gasteiger partial charge in [0.1, 0.15) is 11.9 Å². The largest absolute Gasteiger partial charge is 0.459 e. The number of aryl methyl sites for hydroxylation is 1. The topological polar surface area (TPSA) is 72.8 Å². The number of carbonyl (C=O) groups excluding carboxylic acids is 2. The van der Waals surface area contributed by atoms with Crippen molar-refractivity contribution in [1.82, 2.24) is 0 Å². The van der Waals surface area contributed by atoms with Crippen LogP contribution in [0.4, 0.5) is 0 Å². The Hall–Kier alpha value is -1.88. The molecule has 2 bridgehead atoms. The zero-order chi connectivity index (χ0) is 15.1. The molecule has 0 radical (unpaired) electrons. The van der Waals surface area contributed by atoms with Crippen LogP contribution in [0.25, 0.3) is 0 Å². The van der Waals surface area contributed by atoms with Crippen LogP contribution < -0.4 is 4.74 Å². The van der Waals surface area contributed by atoms with Gasteiger partial charge in [0, 0.05) is 5.92 Å². The molecule has 1 aromatic rings. The normalized spacial score (nSPS) is 34.4. The van der Waals surface area contributed by atoms with Gasteiger partial charge in [-0.25, -0.2) is 0 Å². The molecule has 1 aromatic carbocycles. The van der Waals surface area contributed by atoms with Gasteiger partial charge in [-0.05, 0) is 31.4 Å². The zero-order valence-corrected chi connectivity index (χ0v) is 12.0. The maximum absolute atomic E-state index is 12.3. The van der Waals surface area contributed by atoms with Gasteiger partial charge in [-0.1, -0.05) is 24.6 Å². The molecule has 2 fully saturated rings. The fourth-order valence-corrected chi connectivity index (χ4v) is 3.24. The van der Waals surface area contributed by atoms with Crippen LogP contribution in [-0.4, -0.2) is 29.3 Å². The first-order valence-electron chi connectivity index (χ1n) is 7.14. The molecule has 0 aromatic heterocycles. The standard InChI is InChI=1S/C16H18O5/c1-8-3-5-10(6-4-8)20-15(18)12-11-7-9(2)14(13(11)17)21-16(12)19/h3-6,9,11-14,17H,7H2,1-2H3. The van der Waals surface area contributed by atoms with E-state index in [9.17, 15) is 14.7 Å². The zero-order valence-electron chi connectivity index (χ0n) is 12.0. The number of ether oxygens (including phenoxy) is 2. The highest BCUT2D eigenvalue weighted by molar-refractivity contribution is 5.97. The van der Waals surface area contributed by atoms with E-state index in [4.69, 9.17) is 9.47 Å². The van der Waals surface area contributed by atoms with Crippen LogP contribution in [0.3, 0.4) is 0 Å². The number of fused-ring (bicyclic) bond motifs is 2. The lowest BCUT2D eigenvalue weighted by Gasteiger charge is -2.31. The minimum Gasteiger partial charge on any atom is -0.459 e. The van der Waals surface area contributed by atoms with E-state index >= 15 is 0 Å². The van der Waals surface area contributed by atoms with Crippen LogP contribution in [0.15, 0.2) is 24.3 Å². The second-order valence-electron chi connectivity index (χ2n) is 5.98. The van der Waals surface area contributed by atoms with Crippen molar-refractivity contribution in [3.05, 3.63) is 29.8 Å². The lowest BCUT2D eigenvalue weighted by molar-refractivity contribution is -0.180. The van der Waals surface area contributed by atoms with Crippen molar-refractivity contribution < 1.29 is 24.2 Å². The van der Waals surface area contributed by atoms with Crippen LogP contribution in [-0.2, 0) is 14.3 Å². The first-order valence-corrected chi connectivity index (χ1v) is 7.14. The van der Waals surface area contributed by atoms with Gasteiger partial charge in [-0.2, -0.15) is 0 Å².